The normalized spacial score (nSPS) is 11.9. The molecule has 1 N–H and O–H groups in total. The van der Waals surface area contributed by atoms with E-state index in [9.17, 15) is 4.39 Å². The second-order valence-corrected chi connectivity index (χ2v) is 4.36. The average molecular weight is 239 g/mol. The summed E-state index contributed by atoms with van der Waals surface area (Å²) in [6.07, 6.45) is 0.894. The van der Waals surface area contributed by atoms with Crippen molar-refractivity contribution in [2.45, 2.75) is 27.2 Å². The number of benzene rings is 1. The number of halogens is 1. The molecule has 0 fully saturated rings. The van der Waals surface area contributed by atoms with Crippen LogP contribution in [0.5, 0.6) is 5.75 Å². The first-order valence-electron chi connectivity index (χ1n) is 5.66. The molecule has 0 heterocycles. The molecule has 0 atom stereocenters. The third-order valence-corrected chi connectivity index (χ3v) is 2.44. The van der Waals surface area contributed by atoms with Gasteiger partial charge in [-0.2, -0.15) is 0 Å². The third-order valence-electron chi connectivity index (χ3n) is 2.44. The van der Waals surface area contributed by atoms with Crippen LogP contribution in [0.4, 0.5) is 4.39 Å². The van der Waals surface area contributed by atoms with Crippen molar-refractivity contribution >= 4 is 5.71 Å². The van der Waals surface area contributed by atoms with Gasteiger partial charge in [0.1, 0.15) is 11.6 Å². The molecule has 0 aliphatic carbocycles. The summed E-state index contributed by atoms with van der Waals surface area (Å²) in [5, 5.41) is 11.8. The van der Waals surface area contributed by atoms with Crippen molar-refractivity contribution in [2.24, 2.45) is 11.1 Å². The maximum absolute atomic E-state index is 13.1. The van der Waals surface area contributed by atoms with Crippen LogP contribution in [0, 0.1) is 11.7 Å². The molecule has 0 spiro atoms. The lowest BCUT2D eigenvalue weighted by molar-refractivity contribution is 0.287. The Morgan fingerprint density at radius 1 is 1.47 bits per heavy atom. The van der Waals surface area contributed by atoms with Crippen LogP contribution in [-0.2, 0) is 0 Å². The molecule has 0 aliphatic heterocycles. The van der Waals surface area contributed by atoms with Crippen LogP contribution in [0.25, 0.3) is 0 Å². The predicted octanol–water partition coefficient (Wildman–Crippen LogP) is 3.45. The van der Waals surface area contributed by atoms with Crippen LogP contribution in [0.15, 0.2) is 23.4 Å². The molecular weight excluding hydrogens is 221 g/mol. The number of hydrogen-bond donors (Lipinski definition) is 1. The summed E-state index contributed by atoms with van der Waals surface area (Å²) < 4.78 is 18.6. The SMILES string of the molecule is CC(=NO)c1ccc(F)cc1OCCC(C)C. The van der Waals surface area contributed by atoms with Crippen LogP contribution >= 0.6 is 0 Å². The molecule has 0 amide bonds. The molecule has 0 saturated heterocycles. The Morgan fingerprint density at radius 2 is 2.18 bits per heavy atom. The Bertz CT molecular complexity index is 402. The summed E-state index contributed by atoms with van der Waals surface area (Å²) in [5.74, 6) is 0.583. The highest BCUT2D eigenvalue weighted by Crippen LogP contribution is 2.21. The van der Waals surface area contributed by atoms with Crippen molar-refractivity contribution in [2.75, 3.05) is 6.61 Å². The van der Waals surface area contributed by atoms with E-state index in [0.29, 0.717) is 29.5 Å². The number of ether oxygens (including phenoxy) is 1. The Kier molecular flexibility index (Phi) is 4.94. The zero-order chi connectivity index (χ0) is 12.8. The molecule has 3 nitrogen and oxygen atoms in total. The van der Waals surface area contributed by atoms with Crippen LogP contribution in [-0.4, -0.2) is 17.5 Å². The molecule has 94 valence electrons. The summed E-state index contributed by atoms with van der Waals surface area (Å²) in [4.78, 5) is 0. The van der Waals surface area contributed by atoms with Gasteiger partial charge in [0, 0.05) is 11.6 Å². The fraction of sp³-hybridized carbons (Fsp3) is 0.462. The summed E-state index contributed by atoms with van der Waals surface area (Å²) in [5.41, 5.74) is 1.02. The highest BCUT2D eigenvalue weighted by molar-refractivity contribution is 6.00. The van der Waals surface area contributed by atoms with Gasteiger partial charge in [-0.05, 0) is 31.4 Å². The molecule has 4 heteroatoms. The van der Waals surface area contributed by atoms with E-state index in [4.69, 9.17) is 9.94 Å². The van der Waals surface area contributed by atoms with Gasteiger partial charge < -0.3 is 9.94 Å². The van der Waals surface area contributed by atoms with Gasteiger partial charge in [0.25, 0.3) is 0 Å². The summed E-state index contributed by atoms with van der Waals surface area (Å²) in [6.45, 7) is 6.35. The van der Waals surface area contributed by atoms with Gasteiger partial charge in [-0.1, -0.05) is 19.0 Å². The molecular formula is C13H18FNO2. The minimum Gasteiger partial charge on any atom is -0.493 e. The molecule has 17 heavy (non-hydrogen) atoms. The molecule has 0 saturated carbocycles. The fourth-order valence-electron chi connectivity index (χ4n) is 1.37. The predicted molar refractivity (Wildman–Crippen MR) is 65.3 cm³/mol. The van der Waals surface area contributed by atoms with E-state index in [1.54, 1.807) is 13.0 Å². The number of oxime groups is 1. The second kappa shape index (κ2) is 6.23. The lowest BCUT2D eigenvalue weighted by Crippen LogP contribution is -2.06. The average Bonchev–Trinajstić information content (AvgIpc) is 2.28. The lowest BCUT2D eigenvalue weighted by atomic mass is 10.1. The minimum absolute atomic E-state index is 0.362. The monoisotopic (exact) mass is 239 g/mol. The van der Waals surface area contributed by atoms with Gasteiger partial charge in [-0.3, -0.25) is 0 Å². The van der Waals surface area contributed by atoms with Crippen molar-refractivity contribution in [1.82, 2.24) is 0 Å². The molecule has 1 aromatic carbocycles. The first-order chi connectivity index (χ1) is 8.04. The Hall–Kier alpha value is -1.58. The smallest absolute Gasteiger partial charge is 0.131 e. The lowest BCUT2D eigenvalue weighted by Gasteiger charge is -2.12. The fourth-order valence-corrected chi connectivity index (χ4v) is 1.37. The van der Waals surface area contributed by atoms with Gasteiger partial charge in [-0.15, -0.1) is 0 Å². The number of nitrogens with zero attached hydrogens (tertiary/aromatic N) is 1. The van der Waals surface area contributed by atoms with E-state index < -0.39 is 0 Å². The highest BCUT2D eigenvalue weighted by Gasteiger charge is 2.09. The summed E-state index contributed by atoms with van der Waals surface area (Å²) in [7, 11) is 0. The first kappa shape index (κ1) is 13.5. The Balaban J connectivity index is 2.84. The summed E-state index contributed by atoms with van der Waals surface area (Å²) in [6, 6.07) is 4.18. The number of rotatable bonds is 5. The maximum atomic E-state index is 13.1. The summed E-state index contributed by atoms with van der Waals surface area (Å²) >= 11 is 0. The van der Waals surface area contributed by atoms with Gasteiger partial charge in [0.05, 0.1) is 12.3 Å². The topological polar surface area (TPSA) is 41.8 Å². The van der Waals surface area contributed by atoms with Crippen LogP contribution in [0.1, 0.15) is 32.8 Å². The highest BCUT2D eigenvalue weighted by atomic mass is 19.1. The zero-order valence-corrected chi connectivity index (χ0v) is 10.4. The molecule has 0 radical (unpaired) electrons. The van der Waals surface area contributed by atoms with E-state index in [2.05, 4.69) is 19.0 Å². The van der Waals surface area contributed by atoms with E-state index in [0.717, 1.165) is 6.42 Å². The standard InChI is InChI=1S/C13H18FNO2/c1-9(2)6-7-17-13-8-11(14)4-5-12(13)10(3)15-16/h4-5,8-9,16H,6-7H2,1-3H3. The molecule has 1 aromatic rings. The molecule has 0 aliphatic rings. The van der Waals surface area contributed by atoms with Crippen LogP contribution in [0.2, 0.25) is 0 Å². The third kappa shape index (κ3) is 4.06. The van der Waals surface area contributed by atoms with Gasteiger partial charge in [0.15, 0.2) is 0 Å². The van der Waals surface area contributed by atoms with E-state index in [1.165, 1.54) is 12.1 Å². The van der Waals surface area contributed by atoms with Crippen LogP contribution < -0.4 is 4.74 Å². The quantitative estimate of drug-likeness (QED) is 0.486. The van der Waals surface area contributed by atoms with Gasteiger partial charge >= 0.3 is 0 Å². The van der Waals surface area contributed by atoms with Crippen molar-refractivity contribution in [3.8, 4) is 5.75 Å². The number of hydrogen-bond acceptors (Lipinski definition) is 3. The van der Waals surface area contributed by atoms with Gasteiger partial charge in [-0.25, -0.2) is 4.39 Å². The first-order valence-corrected chi connectivity index (χ1v) is 5.66. The Labute approximate surface area is 101 Å². The molecule has 0 unspecified atom stereocenters. The van der Waals surface area contributed by atoms with Gasteiger partial charge in [0.2, 0.25) is 0 Å². The van der Waals surface area contributed by atoms with E-state index in [1.807, 2.05) is 0 Å². The zero-order valence-electron chi connectivity index (χ0n) is 10.4. The van der Waals surface area contributed by atoms with Crippen LogP contribution in [0.3, 0.4) is 0 Å². The molecule has 1 rings (SSSR count). The van der Waals surface area contributed by atoms with E-state index >= 15 is 0 Å². The minimum atomic E-state index is -0.362. The van der Waals surface area contributed by atoms with Crippen molar-refractivity contribution in [3.63, 3.8) is 0 Å². The Morgan fingerprint density at radius 3 is 2.76 bits per heavy atom. The maximum Gasteiger partial charge on any atom is 0.131 e. The second-order valence-electron chi connectivity index (χ2n) is 4.36. The van der Waals surface area contributed by atoms with Crippen molar-refractivity contribution in [1.29, 1.82) is 0 Å². The largest absolute Gasteiger partial charge is 0.493 e. The van der Waals surface area contributed by atoms with Crippen molar-refractivity contribution in [3.05, 3.63) is 29.6 Å². The van der Waals surface area contributed by atoms with E-state index in [-0.39, 0.29) is 5.82 Å². The van der Waals surface area contributed by atoms with Crippen molar-refractivity contribution < 1.29 is 14.3 Å². The molecule has 0 aromatic heterocycles. The molecule has 0 bridgehead atoms.